The zero-order chi connectivity index (χ0) is 24.2. The van der Waals surface area contributed by atoms with E-state index in [0.29, 0.717) is 18.8 Å². The summed E-state index contributed by atoms with van der Waals surface area (Å²) < 4.78 is 13.6. The number of nitrogens with one attached hydrogen (secondary N) is 1. The zero-order valence-corrected chi connectivity index (χ0v) is 20.0. The molecule has 0 fully saturated rings. The van der Waals surface area contributed by atoms with Gasteiger partial charge in [-0.25, -0.2) is 9.78 Å². The third-order valence-electron chi connectivity index (χ3n) is 6.15. The molecule has 5 rings (SSSR count). The van der Waals surface area contributed by atoms with Gasteiger partial charge in [0.25, 0.3) is 0 Å². The molecule has 0 saturated heterocycles. The molecule has 35 heavy (non-hydrogen) atoms. The normalized spacial score (nSPS) is 15.0. The fourth-order valence-electron chi connectivity index (χ4n) is 4.58. The fraction of sp³-hybridized carbons (Fsp3) is 0.241. The number of aromatic nitrogens is 2. The lowest BCUT2D eigenvalue weighted by atomic mass is 9.93. The number of carbonyl (C=O) groups is 1. The third kappa shape index (κ3) is 4.52. The van der Waals surface area contributed by atoms with Gasteiger partial charge < -0.3 is 14.8 Å². The minimum atomic E-state index is -0.359. The van der Waals surface area contributed by atoms with E-state index in [9.17, 15) is 4.79 Å². The van der Waals surface area contributed by atoms with Crippen LogP contribution in [-0.4, -0.2) is 22.1 Å². The predicted octanol–water partition coefficient (Wildman–Crippen LogP) is 6.25. The van der Waals surface area contributed by atoms with E-state index in [1.807, 2.05) is 85.8 Å². The van der Waals surface area contributed by atoms with Crippen LogP contribution >= 0.6 is 0 Å². The summed E-state index contributed by atoms with van der Waals surface area (Å²) in [5.74, 6) is 1.20. The van der Waals surface area contributed by atoms with Crippen LogP contribution in [0.15, 0.2) is 90.1 Å². The molecule has 6 nitrogen and oxygen atoms in total. The molecule has 178 valence electrons. The molecule has 1 aliphatic rings. The van der Waals surface area contributed by atoms with Crippen LogP contribution < -0.4 is 10.1 Å². The van der Waals surface area contributed by atoms with Gasteiger partial charge in [-0.1, -0.05) is 67.9 Å². The van der Waals surface area contributed by atoms with Crippen molar-refractivity contribution < 1.29 is 14.3 Å². The molecular weight excluding hydrogens is 438 g/mol. The standard InChI is InChI=1S/C29H29N3O3/c1-3-10-24-26(28(33)34-4-2)27(32-25-14-9-8-13-23(25)30-29(32)31-24)21-15-17-22(18-16-21)35-19-20-11-6-5-7-12-20/h5-9,11-18,27H,3-4,10,19H2,1-2H3,(H,30,31)/t27-/m1/s1. The average Bonchev–Trinajstić information content (AvgIpc) is 3.26. The summed E-state index contributed by atoms with van der Waals surface area (Å²) in [4.78, 5) is 18.1. The Bertz CT molecular complexity index is 1360. The molecule has 6 heteroatoms. The summed E-state index contributed by atoms with van der Waals surface area (Å²) in [6.45, 7) is 4.75. The number of hydrogen-bond acceptors (Lipinski definition) is 5. The van der Waals surface area contributed by atoms with Crippen LogP contribution in [0.5, 0.6) is 5.75 Å². The van der Waals surface area contributed by atoms with Crippen LogP contribution in [0.1, 0.15) is 43.9 Å². The van der Waals surface area contributed by atoms with Gasteiger partial charge in [0, 0.05) is 5.70 Å². The third-order valence-corrected chi connectivity index (χ3v) is 6.15. The molecular formula is C29H29N3O3. The molecule has 0 saturated carbocycles. The van der Waals surface area contributed by atoms with Gasteiger partial charge >= 0.3 is 5.97 Å². The van der Waals surface area contributed by atoms with Crippen LogP contribution in [0.4, 0.5) is 5.95 Å². The first-order valence-corrected chi connectivity index (χ1v) is 12.1. The Morgan fingerprint density at radius 1 is 0.971 bits per heavy atom. The van der Waals surface area contributed by atoms with E-state index >= 15 is 0 Å². The van der Waals surface area contributed by atoms with Gasteiger partial charge in [0.05, 0.1) is 29.3 Å². The van der Waals surface area contributed by atoms with Gasteiger partial charge in [0.15, 0.2) is 0 Å². The molecule has 0 spiro atoms. The molecule has 3 aromatic carbocycles. The second kappa shape index (κ2) is 10.1. The summed E-state index contributed by atoms with van der Waals surface area (Å²) in [6, 6.07) is 25.7. The number of esters is 1. The molecule has 1 atom stereocenters. The van der Waals surface area contributed by atoms with Crippen molar-refractivity contribution in [2.45, 2.75) is 39.3 Å². The first kappa shape index (κ1) is 22.7. The number of fused-ring (bicyclic) bond motifs is 3. The molecule has 0 bridgehead atoms. The number of allylic oxidation sites excluding steroid dienone is 1. The molecule has 0 amide bonds. The first-order chi connectivity index (χ1) is 17.2. The van der Waals surface area contributed by atoms with E-state index in [0.717, 1.165) is 52.4 Å². The van der Waals surface area contributed by atoms with Crippen molar-refractivity contribution in [3.8, 4) is 5.75 Å². The summed E-state index contributed by atoms with van der Waals surface area (Å²) >= 11 is 0. The number of anilines is 1. The van der Waals surface area contributed by atoms with E-state index in [2.05, 4.69) is 16.8 Å². The van der Waals surface area contributed by atoms with Crippen molar-refractivity contribution in [2.75, 3.05) is 11.9 Å². The minimum absolute atomic E-state index is 0.304. The van der Waals surface area contributed by atoms with Gasteiger partial charge in [-0.3, -0.25) is 4.57 Å². The van der Waals surface area contributed by atoms with Crippen molar-refractivity contribution in [3.05, 3.63) is 101 Å². The molecule has 4 aromatic rings. The van der Waals surface area contributed by atoms with Gasteiger partial charge in [0.1, 0.15) is 12.4 Å². The van der Waals surface area contributed by atoms with Crippen molar-refractivity contribution in [1.82, 2.24) is 9.55 Å². The molecule has 0 unspecified atom stereocenters. The van der Waals surface area contributed by atoms with Gasteiger partial charge in [0.2, 0.25) is 5.95 Å². The van der Waals surface area contributed by atoms with Crippen LogP contribution in [0, 0.1) is 0 Å². The molecule has 1 N–H and O–H groups in total. The lowest BCUT2D eigenvalue weighted by Gasteiger charge is -2.31. The summed E-state index contributed by atoms with van der Waals surface area (Å²) in [6.07, 6.45) is 1.62. The van der Waals surface area contributed by atoms with Gasteiger partial charge in [-0.05, 0) is 48.7 Å². The quantitative estimate of drug-likeness (QED) is 0.310. The van der Waals surface area contributed by atoms with E-state index < -0.39 is 0 Å². The number of para-hydroxylation sites is 2. The van der Waals surface area contributed by atoms with E-state index in [1.54, 1.807) is 0 Å². The summed E-state index contributed by atoms with van der Waals surface area (Å²) in [5, 5.41) is 3.43. The zero-order valence-electron chi connectivity index (χ0n) is 20.0. The Kier molecular flexibility index (Phi) is 6.53. The fourth-order valence-corrected chi connectivity index (χ4v) is 4.58. The SMILES string of the molecule is CCCC1=C(C(=O)OCC)[C@@H](c2ccc(OCc3ccccc3)cc2)n2c(nc3ccccc32)N1. The van der Waals surface area contributed by atoms with Gasteiger partial charge in [-0.2, -0.15) is 0 Å². The monoisotopic (exact) mass is 467 g/mol. The highest BCUT2D eigenvalue weighted by Crippen LogP contribution is 2.41. The number of ether oxygens (including phenoxy) is 2. The first-order valence-electron chi connectivity index (χ1n) is 12.1. The molecule has 1 aliphatic heterocycles. The van der Waals surface area contributed by atoms with Crippen LogP contribution in [0.25, 0.3) is 11.0 Å². The summed E-state index contributed by atoms with van der Waals surface area (Å²) in [7, 11) is 0. The molecule has 1 aromatic heterocycles. The largest absolute Gasteiger partial charge is 0.489 e. The predicted molar refractivity (Wildman–Crippen MR) is 137 cm³/mol. The van der Waals surface area contributed by atoms with Crippen LogP contribution in [0.3, 0.4) is 0 Å². The maximum Gasteiger partial charge on any atom is 0.338 e. The molecule has 0 radical (unpaired) electrons. The number of rotatable bonds is 8. The van der Waals surface area contributed by atoms with Crippen molar-refractivity contribution in [3.63, 3.8) is 0 Å². The Labute approximate surface area is 205 Å². The number of nitrogens with zero attached hydrogens (tertiary/aromatic N) is 2. The lowest BCUT2D eigenvalue weighted by molar-refractivity contribution is -0.139. The number of benzene rings is 3. The average molecular weight is 468 g/mol. The Hall–Kier alpha value is -4.06. The maximum atomic E-state index is 13.3. The van der Waals surface area contributed by atoms with E-state index in [4.69, 9.17) is 14.5 Å². The Balaban J connectivity index is 1.56. The van der Waals surface area contributed by atoms with E-state index in [-0.39, 0.29) is 12.0 Å². The summed E-state index contributed by atoms with van der Waals surface area (Å²) in [5.41, 5.74) is 5.41. The number of imidazole rings is 1. The minimum Gasteiger partial charge on any atom is -0.489 e. The highest BCUT2D eigenvalue weighted by atomic mass is 16.5. The second-order valence-corrected chi connectivity index (χ2v) is 8.53. The molecule has 2 heterocycles. The lowest BCUT2D eigenvalue weighted by Crippen LogP contribution is -2.29. The highest BCUT2D eigenvalue weighted by molar-refractivity contribution is 5.94. The highest BCUT2D eigenvalue weighted by Gasteiger charge is 2.35. The van der Waals surface area contributed by atoms with E-state index in [1.165, 1.54) is 0 Å². The maximum absolute atomic E-state index is 13.3. The smallest absolute Gasteiger partial charge is 0.338 e. The van der Waals surface area contributed by atoms with Gasteiger partial charge in [-0.15, -0.1) is 0 Å². The van der Waals surface area contributed by atoms with Crippen LogP contribution in [0.2, 0.25) is 0 Å². The topological polar surface area (TPSA) is 65.4 Å². The van der Waals surface area contributed by atoms with Crippen LogP contribution in [-0.2, 0) is 16.1 Å². The van der Waals surface area contributed by atoms with Crippen molar-refractivity contribution in [1.29, 1.82) is 0 Å². The van der Waals surface area contributed by atoms with Crippen molar-refractivity contribution >= 4 is 23.0 Å². The Morgan fingerprint density at radius 2 is 1.71 bits per heavy atom. The molecule has 0 aliphatic carbocycles. The second-order valence-electron chi connectivity index (χ2n) is 8.53. The number of hydrogen-bond donors (Lipinski definition) is 1. The number of carbonyl (C=O) groups excluding carboxylic acids is 1. The van der Waals surface area contributed by atoms with Crippen molar-refractivity contribution in [2.24, 2.45) is 0 Å². The Morgan fingerprint density at radius 3 is 2.46 bits per heavy atom.